The Balaban J connectivity index is 2.56. The van der Waals surface area contributed by atoms with E-state index in [1.54, 1.807) is 0 Å². The summed E-state index contributed by atoms with van der Waals surface area (Å²) in [4.78, 5) is 4.03. The van der Waals surface area contributed by atoms with Crippen LogP contribution in [0.4, 0.5) is 0 Å². The average Bonchev–Trinajstić information content (AvgIpc) is 2.39. The van der Waals surface area contributed by atoms with E-state index in [4.69, 9.17) is 5.73 Å². The maximum Gasteiger partial charge on any atom is 0.137 e. The zero-order chi connectivity index (χ0) is 8.32. The van der Waals surface area contributed by atoms with Crippen LogP contribution in [0.2, 0.25) is 0 Å². The van der Waals surface area contributed by atoms with Crippen LogP contribution in [0.3, 0.4) is 0 Å². The van der Waals surface area contributed by atoms with Gasteiger partial charge in [-0.25, -0.2) is 4.98 Å². The molecular weight excluding hydrogens is 140 g/mol. The van der Waals surface area contributed by atoms with Gasteiger partial charge in [-0.15, -0.1) is 0 Å². The molecular formula is C7H14N4. The predicted octanol–water partition coefficient (Wildman–Crippen LogP) is 0.332. The number of nitrogens with zero attached hydrogens (tertiary/aromatic N) is 2. The Bertz CT molecular complexity index is 202. The fourth-order valence-electron chi connectivity index (χ4n) is 0.841. The molecule has 0 spiro atoms. The first-order valence-corrected chi connectivity index (χ1v) is 3.68. The minimum atomic E-state index is 0.111. The summed E-state index contributed by atoms with van der Waals surface area (Å²) in [6.45, 7) is 4.87. The third-order valence-electron chi connectivity index (χ3n) is 1.66. The SMILES string of the molecule is CC(C)(CN)Cc1ncn[nH]1. The molecule has 0 amide bonds. The van der Waals surface area contributed by atoms with Gasteiger partial charge in [0.25, 0.3) is 0 Å². The van der Waals surface area contributed by atoms with E-state index in [9.17, 15) is 0 Å². The fraction of sp³-hybridized carbons (Fsp3) is 0.714. The molecule has 0 aliphatic carbocycles. The van der Waals surface area contributed by atoms with Crippen LogP contribution in [-0.2, 0) is 6.42 Å². The summed E-state index contributed by atoms with van der Waals surface area (Å²) in [5.41, 5.74) is 5.67. The molecule has 0 atom stereocenters. The summed E-state index contributed by atoms with van der Waals surface area (Å²) in [6.07, 6.45) is 2.37. The van der Waals surface area contributed by atoms with Crippen molar-refractivity contribution < 1.29 is 0 Å². The van der Waals surface area contributed by atoms with Crippen molar-refractivity contribution in [3.63, 3.8) is 0 Å². The van der Waals surface area contributed by atoms with Gasteiger partial charge in [0.05, 0.1) is 0 Å². The first-order chi connectivity index (χ1) is 5.14. The van der Waals surface area contributed by atoms with Crippen molar-refractivity contribution in [3.05, 3.63) is 12.2 Å². The standard InChI is InChI=1S/C7H14N4/c1-7(2,4-8)3-6-9-5-10-11-6/h5H,3-4,8H2,1-2H3,(H,9,10,11). The zero-order valence-corrected chi connectivity index (χ0v) is 6.96. The molecule has 0 unspecified atom stereocenters. The lowest BCUT2D eigenvalue weighted by atomic mass is 9.89. The van der Waals surface area contributed by atoms with E-state index in [1.165, 1.54) is 6.33 Å². The van der Waals surface area contributed by atoms with Crippen LogP contribution in [0, 0.1) is 5.41 Å². The number of hydrogen-bond donors (Lipinski definition) is 2. The number of nitrogens with two attached hydrogens (primary N) is 1. The van der Waals surface area contributed by atoms with Crippen molar-refractivity contribution in [2.45, 2.75) is 20.3 Å². The van der Waals surface area contributed by atoms with Crippen molar-refractivity contribution in [1.82, 2.24) is 15.2 Å². The largest absolute Gasteiger partial charge is 0.330 e. The molecule has 11 heavy (non-hydrogen) atoms. The second-order valence-electron chi connectivity index (χ2n) is 3.48. The topological polar surface area (TPSA) is 67.6 Å². The van der Waals surface area contributed by atoms with Crippen molar-refractivity contribution >= 4 is 0 Å². The van der Waals surface area contributed by atoms with Gasteiger partial charge in [-0.2, -0.15) is 5.10 Å². The van der Waals surface area contributed by atoms with Crippen molar-refractivity contribution in [2.24, 2.45) is 11.1 Å². The average molecular weight is 154 g/mol. The Morgan fingerprint density at radius 2 is 2.36 bits per heavy atom. The number of H-pyrrole nitrogens is 1. The Morgan fingerprint density at radius 1 is 1.64 bits per heavy atom. The third-order valence-corrected chi connectivity index (χ3v) is 1.66. The first-order valence-electron chi connectivity index (χ1n) is 3.68. The van der Waals surface area contributed by atoms with E-state index in [2.05, 4.69) is 29.0 Å². The molecule has 4 nitrogen and oxygen atoms in total. The van der Waals surface area contributed by atoms with Crippen LogP contribution in [0.5, 0.6) is 0 Å². The van der Waals surface area contributed by atoms with Gasteiger partial charge >= 0.3 is 0 Å². The van der Waals surface area contributed by atoms with E-state index in [0.29, 0.717) is 6.54 Å². The molecule has 0 aromatic carbocycles. The summed E-state index contributed by atoms with van der Waals surface area (Å²) in [5.74, 6) is 0.903. The zero-order valence-electron chi connectivity index (χ0n) is 6.96. The number of nitrogens with one attached hydrogen (secondary N) is 1. The lowest BCUT2D eigenvalue weighted by Gasteiger charge is -2.19. The highest BCUT2D eigenvalue weighted by atomic mass is 15.2. The summed E-state index contributed by atoms with van der Waals surface area (Å²) >= 11 is 0. The van der Waals surface area contributed by atoms with Crippen LogP contribution >= 0.6 is 0 Å². The highest BCUT2D eigenvalue weighted by Crippen LogP contribution is 2.16. The second-order valence-corrected chi connectivity index (χ2v) is 3.48. The molecule has 0 fully saturated rings. The number of hydrogen-bond acceptors (Lipinski definition) is 3. The molecule has 0 radical (unpaired) electrons. The van der Waals surface area contributed by atoms with Crippen LogP contribution in [-0.4, -0.2) is 21.7 Å². The van der Waals surface area contributed by atoms with Gasteiger partial charge in [0.1, 0.15) is 12.2 Å². The molecule has 62 valence electrons. The molecule has 1 aromatic heterocycles. The monoisotopic (exact) mass is 154 g/mol. The van der Waals surface area contributed by atoms with Gasteiger partial charge in [-0.3, -0.25) is 5.10 Å². The van der Waals surface area contributed by atoms with Crippen LogP contribution in [0.1, 0.15) is 19.7 Å². The Hall–Kier alpha value is -0.900. The number of aromatic nitrogens is 3. The molecule has 0 saturated carbocycles. The summed E-state index contributed by atoms with van der Waals surface area (Å²) in [6, 6.07) is 0. The minimum Gasteiger partial charge on any atom is -0.330 e. The van der Waals surface area contributed by atoms with Gasteiger partial charge in [0, 0.05) is 6.42 Å². The van der Waals surface area contributed by atoms with E-state index in [0.717, 1.165) is 12.2 Å². The molecule has 0 aliphatic rings. The summed E-state index contributed by atoms with van der Waals surface area (Å²) in [5, 5.41) is 6.57. The molecule has 1 rings (SSSR count). The van der Waals surface area contributed by atoms with Crippen molar-refractivity contribution in [3.8, 4) is 0 Å². The highest BCUT2D eigenvalue weighted by Gasteiger charge is 2.17. The highest BCUT2D eigenvalue weighted by molar-refractivity contribution is 4.87. The van der Waals surface area contributed by atoms with Crippen molar-refractivity contribution in [2.75, 3.05) is 6.54 Å². The first kappa shape index (κ1) is 8.20. The van der Waals surface area contributed by atoms with E-state index < -0.39 is 0 Å². The van der Waals surface area contributed by atoms with Crippen molar-refractivity contribution in [1.29, 1.82) is 0 Å². The van der Waals surface area contributed by atoms with Crippen LogP contribution in [0.25, 0.3) is 0 Å². The van der Waals surface area contributed by atoms with E-state index in [1.807, 2.05) is 0 Å². The molecule has 1 heterocycles. The van der Waals surface area contributed by atoms with Gasteiger partial charge in [0.15, 0.2) is 0 Å². The smallest absolute Gasteiger partial charge is 0.137 e. The van der Waals surface area contributed by atoms with Crippen LogP contribution < -0.4 is 5.73 Å². The Kier molecular flexibility index (Phi) is 2.24. The van der Waals surface area contributed by atoms with Crippen LogP contribution in [0.15, 0.2) is 6.33 Å². The number of rotatable bonds is 3. The van der Waals surface area contributed by atoms with Gasteiger partial charge in [-0.1, -0.05) is 13.8 Å². The maximum absolute atomic E-state index is 5.56. The van der Waals surface area contributed by atoms with Gasteiger partial charge < -0.3 is 5.73 Å². The second kappa shape index (κ2) is 3.00. The predicted molar refractivity (Wildman–Crippen MR) is 42.9 cm³/mol. The molecule has 0 saturated heterocycles. The summed E-state index contributed by atoms with van der Waals surface area (Å²) in [7, 11) is 0. The molecule has 4 heteroatoms. The molecule has 0 aliphatic heterocycles. The molecule has 1 aromatic rings. The fourth-order valence-corrected chi connectivity index (χ4v) is 0.841. The molecule has 3 N–H and O–H groups in total. The van der Waals surface area contributed by atoms with Gasteiger partial charge in [0.2, 0.25) is 0 Å². The minimum absolute atomic E-state index is 0.111. The Labute approximate surface area is 66.2 Å². The normalized spacial score (nSPS) is 11.9. The number of aromatic amines is 1. The summed E-state index contributed by atoms with van der Waals surface area (Å²) < 4.78 is 0. The quantitative estimate of drug-likeness (QED) is 0.659. The third kappa shape index (κ3) is 2.31. The van der Waals surface area contributed by atoms with Gasteiger partial charge in [-0.05, 0) is 12.0 Å². The lowest BCUT2D eigenvalue weighted by molar-refractivity contribution is 0.368. The molecule has 0 bridgehead atoms. The lowest BCUT2D eigenvalue weighted by Crippen LogP contribution is -2.26. The maximum atomic E-state index is 5.56. The van der Waals surface area contributed by atoms with E-state index >= 15 is 0 Å². The van der Waals surface area contributed by atoms with E-state index in [-0.39, 0.29) is 5.41 Å². The Morgan fingerprint density at radius 3 is 2.82 bits per heavy atom.